The molecule has 10 heteroatoms. The quantitative estimate of drug-likeness (QED) is 0.170. The first kappa shape index (κ1) is 18.2. The zero-order valence-electron chi connectivity index (χ0n) is 11.7. The summed E-state index contributed by atoms with van der Waals surface area (Å²) in [4.78, 5) is 28.0. The van der Waals surface area contributed by atoms with E-state index in [1.165, 1.54) is 11.1 Å². The van der Waals surface area contributed by atoms with Crippen LogP contribution in [0.25, 0.3) is 0 Å². The van der Waals surface area contributed by atoms with Crippen molar-refractivity contribution in [3.63, 3.8) is 0 Å². The van der Waals surface area contributed by atoms with Gasteiger partial charge in [0, 0.05) is 19.2 Å². The number of likely N-dealkylation sites (tertiary alicyclic amines) is 1. The molecular formula is C12H17Cl2N5O3. The Bertz CT molecular complexity index is 517. The summed E-state index contributed by atoms with van der Waals surface area (Å²) in [5, 5.41) is 6.58. The summed E-state index contributed by atoms with van der Waals surface area (Å²) in [5.74, 6) is -0.770. The lowest BCUT2D eigenvalue weighted by Crippen LogP contribution is -2.38. The number of hydrogen-bond donors (Lipinski definition) is 3. The zero-order valence-corrected chi connectivity index (χ0v) is 13.2. The zero-order chi connectivity index (χ0) is 16.7. The molecule has 1 saturated heterocycles. The monoisotopic (exact) mass is 349 g/mol. The van der Waals surface area contributed by atoms with E-state index in [1.54, 1.807) is 0 Å². The number of esters is 1. The standard InChI is InChI=1S/C12H17Cl2N5O3/c13-9(16)8(15)10(17)18-4-2-6-22-11(20)7-3-1-5-19(7)12(14)21/h4,7,17H,1-3,5-6,15-16H2. The van der Waals surface area contributed by atoms with E-state index < -0.39 is 17.4 Å². The molecule has 0 radical (unpaired) electrons. The predicted octanol–water partition coefficient (Wildman–Crippen LogP) is 1.12. The van der Waals surface area contributed by atoms with Gasteiger partial charge in [0.2, 0.25) is 0 Å². The van der Waals surface area contributed by atoms with E-state index in [4.69, 9.17) is 44.8 Å². The van der Waals surface area contributed by atoms with Crippen LogP contribution in [0.5, 0.6) is 0 Å². The minimum Gasteiger partial charge on any atom is -0.464 e. The number of halogens is 2. The average Bonchev–Trinajstić information content (AvgIpc) is 2.95. The first-order valence-corrected chi connectivity index (χ1v) is 7.25. The number of rotatable bonds is 5. The second-order valence-electron chi connectivity index (χ2n) is 4.48. The number of carbonyl (C=O) groups is 2. The summed E-state index contributed by atoms with van der Waals surface area (Å²) in [6.07, 6.45) is 2.89. The second-order valence-corrected chi connectivity index (χ2v) is 5.21. The van der Waals surface area contributed by atoms with Crippen molar-refractivity contribution in [2.45, 2.75) is 25.3 Å². The highest BCUT2D eigenvalue weighted by atomic mass is 35.5. The van der Waals surface area contributed by atoms with Crippen molar-refractivity contribution in [2.75, 3.05) is 13.2 Å². The van der Waals surface area contributed by atoms with E-state index in [1.807, 2.05) is 0 Å². The molecule has 1 unspecified atom stereocenters. The van der Waals surface area contributed by atoms with Crippen LogP contribution in [0.1, 0.15) is 19.3 Å². The molecule has 0 aromatic heterocycles. The van der Waals surface area contributed by atoms with Gasteiger partial charge in [-0.15, -0.1) is 0 Å². The number of amidine groups is 1. The molecule has 0 spiro atoms. The molecule has 0 aromatic carbocycles. The van der Waals surface area contributed by atoms with Gasteiger partial charge in [0.25, 0.3) is 0 Å². The maximum Gasteiger partial charge on any atom is 0.328 e. The third-order valence-electron chi connectivity index (χ3n) is 2.97. The van der Waals surface area contributed by atoms with Crippen molar-refractivity contribution in [2.24, 2.45) is 16.5 Å². The maximum absolute atomic E-state index is 11.8. The third kappa shape index (κ3) is 5.19. The van der Waals surface area contributed by atoms with Crippen LogP contribution in [0.15, 0.2) is 15.8 Å². The topological polar surface area (TPSA) is 135 Å². The van der Waals surface area contributed by atoms with Crippen molar-refractivity contribution in [1.29, 1.82) is 5.41 Å². The Labute approximate surface area is 137 Å². The molecule has 5 N–H and O–H groups in total. The summed E-state index contributed by atoms with van der Waals surface area (Å²) in [6, 6.07) is -0.630. The Morgan fingerprint density at radius 1 is 1.41 bits per heavy atom. The molecule has 1 rings (SSSR count). The number of hydrogen-bond acceptors (Lipinski definition) is 6. The van der Waals surface area contributed by atoms with Gasteiger partial charge in [0.15, 0.2) is 5.84 Å². The average molecular weight is 350 g/mol. The molecule has 0 aliphatic carbocycles. The SMILES string of the molecule is N=C(N=CCCOC(=O)C1CCCN1C(=O)Cl)C(N)=C(N)Cl. The Kier molecular flexibility index (Phi) is 7.13. The lowest BCUT2D eigenvalue weighted by Gasteiger charge is -2.19. The minimum atomic E-state index is -0.657. The minimum absolute atomic E-state index is 0.0659. The summed E-state index contributed by atoms with van der Waals surface area (Å²) >= 11 is 10.8. The van der Waals surface area contributed by atoms with Crippen LogP contribution in [0.3, 0.4) is 0 Å². The largest absolute Gasteiger partial charge is 0.464 e. The van der Waals surface area contributed by atoms with E-state index in [9.17, 15) is 9.59 Å². The van der Waals surface area contributed by atoms with Crippen molar-refractivity contribution < 1.29 is 14.3 Å². The van der Waals surface area contributed by atoms with Gasteiger partial charge in [0.05, 0.1) is 6.61 Å². The summed E-state index contributed by atoms with van der Waals surface area (Å²) in [6.45, 7) is 0.516. The molecule has 0 aromatic rings. The Morgan fingerprint density at radius 3 is 2.68 bits per heavy atom. The highest BCUT2D eigenvalue weighted by Gasteiger charge is 2.34. The normalized spacial score (nSPS) is 19.2. The van der Waals surface area contributed by atoms with Gasteiger partial charge >= 0.3 is 11.3 Å². The van der Waals surface area contributed by atoms with Gasteiger partial charge in [-0.3, -0.25) is 10.2 Å². The maximum atomic E-state index is 11.8. The molecule has 8 nitrogen and oxygen atoms in total. The van der Waals surface area contributed by atoms with Gasteiger partial charge in [-0.05, 0) is 24.4 Å². The van der Waals surface area contributed by atoms with Crippen LogP contribution in [-0.2, 0) is 9.53 Å². The number of ether oxygens (including phenoxy) is 1. The van der Waals surface area contributed by atoms with Gasteiger partial charge in [0.1, 0.15) is 16.9 Å². The summed E-state index contributed by atoms with van der Waals surface area (Å²) < 4.78 is 5.05. The second kappa shape index (κ2) is 8.60. The molecular weight excluding hydrogens is 333 g/mol. The molecule has 22 heavy (non-hydrogen) atoms. The molecule has 1 aliphatic rings. The third-order valence-corrected chi connectivity index (χ3v) is 3.40. The number of amides is 1. The Morgan fingerprint density at radius 2 is 2.09 bits per heavy atom. The van der Waals surface area contributed by atoms with E-state index in [2.05, 4.69) is 4.99 Å². The Hall–Kier alpha value is -1.80. The Balaban J connectivity index is 2.36. The van der Waals surface area contributed by atoms with E-state index >= 15 is 0 Å². The van der Waals surface area contributed by atoms with E-state index in [0.29, 0.717) is 19.4 Å². The number of carbonyl (C=O) groups excluding carboxylic acids is 2. The molecule has 1 amide bonds. The van der Waals surface area contributed by atoms with Gasteiger partial charge in [-0.2, -0.15) is 0 Å². The van der Waals surface area contributed by atoms with Crippen LogP contribution in [0, 0.1) is 5.41 Å². The predicted molar refractivity (Wildman–Crippen MR) is 84.0 cm³/mol. The van der Waals surface area contributed by atoms with Crippen molar-refractivity contribution >= 4 is 46.6 Å². The van der Waals surface area contributed by atoms with Gasteiger partial charge in [-0.1, -0.05) is 11.6 Å². The summed E-state index contributed by atoms with van der Waals surface area (Å²) in [7, 11) is 0. The highest BCUT2D eigenvalue weighted by molar-refractivity contribution is 6.63. The highest BCUT2D eigenvalue weighted by Crippen LogP contribution is 2.20. The first-order valence-electron chi connectivity index (χ1n) is 6.49. The lowest BCUT2D eigenvalue weighted by molar-refractivity contribution is -0.147. The molecule has 0 bridgehead atoms. The first-order chi connectivity index (χ1) is 10.3. The van der Waals surface area contributed by atoms with Crippen molar-refractivity contribution in [3.8, 4) is 0 Å². The van der Waals surface area contributed by atoms with Gasteiger partial charge < -0.3 is 21.1 Å². The number of nitrogens with one attached hydrogen (secondary N) is 1. The van der Waals surface area contributed by atoms with Crippen LogP contribution >= 0.6 is 23.2 Å². The van der Waals surface area contributed by atoms with Crippen LogP contribution in [0.2, 0.25) is 0 Å². The lowest BCUT2D eigenvalue weighted by atomic mass is 10.2. The fraction of sp³-hybridized carbons (Fsp3) is 0.500. The van der Waals surface area contributed by atoms with Gasteiger partial charge in [-0.25, -0.2) is 9.79 Å². The fourth-order valence-corrected chi connectivity index (χ4v) is 2.16. The number of nitrogens with two attached hydrogens (primary N) is 2. The number of aliphatic imine (C=N–C) groups is 1. The van der Waals surface area contributed by atoms with E-state index in [-0.39, 0.29) is 29.7 Å². The molecule has 1 heterocycles. The van der Waals surface area contributed by atoms with E-state index in [0.717, 1.165) is 0 Å². The van der Waals surface area contributed by atoms with Crippen LogP contribution in [0.4, 0.5) is 4.79 Å². The molecule has 1 fully saturated rings. The molecule has 0 saturated carbocycles. The molecule has 1 aliphatic heterocycles. The van der Waals surface area contributed by atoms with Crippen LogP contribution in [-0.4, -0.2) is 47.5 Å². The smallest absolute Gasteiger partial charge is 0.328 e. The fourth-order valence-electron chi connectivity index (χ4n) is 1.87. The molecule has 1 atom stereocenters. The van der Waals surface area contributed by atoms with Crippen molar-refractivity contribution in [3.05, 3.63) is 10.9 Å². The van der Waals surface area contributed by atoms with Crippen molar-refractivity contribution in [1.82, 2.24) is 4.90 Å². The summed E-state index contributed by atoms with van der Waals surface area (Å²) in [5.41, 5.74) is 10.5. The van der Waals surface area contributed by atoms with Crippen LogP contribution < -0.4 is 11.5 Å². The number of nitrogens with zero attached hydrogens (tertiary/aromatic N) is 2. The molecule has 122 valence electrons.